The summed E-state index contributed by atoms with van der Waals surface area (Å²) in [5, 5.41) is 5.02. The molecule has 0 fully saturated rings. The summed E-state index contributed by atoms with van der Waals surface area (Å²) >= 11 is 0. The van der Waals surface area contributed by atoms with Gasteiger partial charge in [0, 0.05) is 11.0 Å². The number of fused-ring (bicyclic) bond motifs is 1. The Hall–Kier alpha value is -1.83. The highest BCUT2D eigenvalue weighted by Gasteiger charge is 2.24. The Labute approximate surface area is 104 Å². The van der Waals surface area contributed by atoms with Gasteiger partial charge in [0.05, 0.1) is 4.90 Å². The standard InChI is InChI=1S/C11H10N2O4S/c14-18(15)5-4-8-9(2-1-3-10(8)18)16-6-11-12-7-17-13-11/h1-5,7,14-15H,6H2. The molecule has 0 spiro atoms. The summed E-state index contributed by atoms with van der Waals surface area (Å²) in [6, 6.07) is 5.14. The molecule has 94 valence electrons. The van der Waals surface area contributed by atoms with Crippen LogP contribution in [0.1, 0.15) is 11.4 Å². The molecule has 2 N–H and O–H groups in total. The van der Waals surface area contributed by atoms with Crippen LogP contribution in [0.2, 0.25) is 0 Å². The Morgan fingerprint density at radius 3 is 3.00 bits per heavy atom. The highest BCUT2D eigenvalue weighted by atomic mass is 32.3. The maximum absolute atomic E-state index is 9.78. The van der Waals surface area contributed by atoms with E-state index in [4.69, 9.17) is 4.74 Å². The van der Waals surface area contributed by atoms with Crippen LogP contribution in [0.15, 0.2) is 39.4 Å². The molecule has 2 aromatic rings. The van der Waals surface area contributed by atoms with Gasteiger partial charge < -0.3 is 9.26 Å². The summed E-state index contributed by atoms with van der Waals surface area (Å²) in [5.41, 5.74) is 0.681. The third-order valence-electron chi connectivity index (χ3n) is 2.54. The van der Waals surface area contributed by atoms with Gasteiger partial charge in [0.2, 0.25) is 12.2 Å². The number of hydrogen-bond donors (Lipinski definition) is 2. The molecule has 7 heteroatoms. The third kappa shape index (κ3) is 1.88. The van der Waals surface area contributed by atoms with Crippen molar-refractivity contribution in [3.63, 3.8) is 0 Å². The zero-order valence-corrected chi connectivity index (χ0v) is 10.0. The number of aromatic nitrogens is 2. The first kappa shape index (κ1) is 11.3. The van der Waals surface area contributed by atoms with Gasteiger partial charge in [-0.25, -0.2) is 0 Å². The second-order valence-electron chi connectivity index (χ2n) is 3.70. The van der Waals surface area contributed by atoms with Crippen molar-refractivity contribution in [1.29, 1.82) is 0 Å². The lowest BCUT2D eigenvalue weighted by molar-refractivity contribution is 0.285. The van der Waals surface area contributed by atoms with Crippen LogP contribution in [0, 0.1) is 0 Å². The molecule has 0 unspecified atom stereocenters. The first-order chi connectivity index (χ1) is 8.67. The van der Waals surface area contributed by atoms with Crippen molar-refractivity contribution in [3.8, 4) is 5.75 Å². The zero-order valence-electron chi connectivity index (χ0n) is 9.18. The molecular formula is C11H10N2O4S. The number of rotatable bonds is 3. The first-order valence-corrected chi connectivity index (χ1v) is 6.75. The molecule has 0 saturated heterocycles. The molecule has 0 aliphatic carbocycles. The summed E-state index contributed by atoms with van der Waals surface area (Å²) in [7, 11) is -2.81. The van der Waals surface area contributed by atoms with E-state index >= 15 is 0 Å². The Bertz CT molecular complexity index is 595. The molecular weight excluding hydrogens is 256 g/mol. The van der Waals surface area contributed by atoms with Crippen molar-refractivity contribution >= 4 is 16.7 Å². The summed E-state index contributed by atoms with van der Waals surface area (Å²) in [4.78, 5) is 4.32. The molecule has 3 rings (SSSR count). The summed E-state index contributed by atoms with van der Waals surface area (Å²) in [5.74, 6) is 0.993. The smallest absolute Gasteiger partial charge is 0.213 e. The Morgan fingerprint density at radius 2 is 2.22 bits per heavy atom. The summed E-state index contributed by atoms with van der Waals surface area (Å²) in [6.07, 6.45) is 2.88. The van der Waals surface area contributed by atoms with Crippen LogP contribution in [0.3, 0.4) is 0 Å². The van der Waals surface area contributed by atoms with Crippen LogP contribution in [-0.2, 0) is 6.61 Å². The van der Waals surface area contributed by atoms with Gasteiger partial charge in [-0.15, -0.1) is 10.6 Å². The molecule has 1 aliphatic rings. The molecule has 2 heterocycles. The topological polar surface area (TPSA) is 88.6 Å². The van der Waals surface area contributed by atoms with Crippen LogP contribution >= 0.6 is 10.6 Å². The molecule has 1 aromatic heterocycles. The van der Waals surface area contributed by atoms with Gasteiger partial charge in [-0.2, -0.15) is 4.98 Å². The van der Waals surface area contributed by atoms with E-state index in [2.05, 4.69) is 14.7 Å². The van der Waals surface area contributed by atoms with Crippen LogP contribution in [0.5, 0.6) is 5.75 Å². The van der Waals surface area contributed by atoms with Gasteiger partial charge in [0.25, 0.3) is 0 Å². The quantitative estimate of drug-likeness (QED) is 0.888. The molecule has 0 atom stereocenters. The van der Waals surface area contributed by atoms with Gasteiger partial charge in [-0.05, 0) is 18.2 Å². The third-order valence-corrected chi connectivity index (χ3v) is 4.06. The second kappa shape index (κ2) is 4.13. The van der Waals surface area contributed by atoms with Crippen LogP contribution in [0.25, 0.3) is 6.08 Å². The first-order valence-electron chi connectivity index (χ1n) is 5.14. The molecule has 1 aromatic carbocycles. The Balaban J connectivity index is 1.86. The fourth-order valence-electron chi connectivity index (χ4n) is 1.71. The molecule has 6 nitrogen and oxygen atoms in total. The molecule has 18 heavy (non-hydrogen) atoms. The Morgan fingerprint density at radius 1 is 1.33 bits per heavy atom. The van der Waals surface area contributed by atoms with Crippen LogP contribution in [-0.4, -0.2) is 19.2 Å². The maximum Gasteiger partial charge on any atom is 0.213 e. The fourth-order valence-corrected chi connectivity index (χ4v) is 2.95. The lowest BCUT2D eigenvalue weighted by Crippen LogP contribution is -2.00. The van der Waals surface area contributed by atoms with Crippen molar-refractivity contribution in [1.82, 2.24) is 10.1 Å². The van der Waals surface area contributed by atoms with Crippen LogP contribution in [0.4, 0.5) is 0 Å². The number of benzene rings is 1. The van der Waals surface area contributed by atoms with Gasteiger partial charge >= 0.3 is 0 Å². The highest BCUT2D eigenvalue weighted by Crippen LogP contribution is 2.57. The molecule has 1 aliphatic heterocycles. The van der Waals surface area contributed by atoms with Crippen molar-refractivity contribution in [2.45, 2.75) is 11.5 Å². The lowest BCUT2D eigenvalue weighted by Gasteiger charge is -2.25. The Kier molecular flexibility index (Phi) is 2.58. The van der Waals surface area contributed by atoms with Crippen molar-refractivity contribution < 1.29 is 18.4 Å². The summed E-state index contributed by atoms with van der Waals surface area (Å²) in [6.45, 7) is 0.167. The second-order valence-corrected chi connectivity index (χ2v) is 5.60. The molecule has 0 amide bonds. The fraction of sp³-hybridized carbons (Fsp3) is 0.0909. The predicted molar refractivity (Wildman–Crippen MR) is 65.2 cm³/mol. The summed E-state index contributed by atoms with van der Waals surface area (Å²) < 4.78 is 29.7. The molecule has 0 bridgehead atoms. The SMILES string of the molecule is OS1(O)C=Cc2c(OCc3ncon3)cccc21. The minimum Gasteiger partial charge on any atom is -0.485 e. The van der Waals surface area contributed by atoms with E-state index in [1.54, 1.807) is 24.3 Å². The van der Waals surface area contributed by atoms with E-state index in [0.717, 1.165) is 0 Å². The van der Waals surface area contributed by atoms with Gasteiger partial charge in [0.1, 0.15) is 5.75 Å². The minimum absolute atomic E-state index is 0.167. The van der Waals surface area contributed by atoms with Gasteiger partial charge in [-0.1, -0.05) is 11.2 Å². The highest BCUT2D eigenvalue weighted by molar-refractivity contribution is 8.27. The molecule has 0 radical (unpaired) electrons. The van der Waals surface area contributed by atoms with E-state index in [9.17, 15) is 9.11 Å². The maximum atomic E-state index is 9.78. The van der Waals surface area contributed by atoms with Gasteiger partial charge in [0.15, 0.2) is 6.61 Å². The van der Waals surface area contributed by atoms with Crippen molar-refractivity contribution in [2.24, 2.45) is 0 Å². The average molecular weight is 266 g/mol. The van der Waals surface area contributed by atoms with E-state index in [1.165, 1.54) is 11.8 Å². The van der Waals surface area contributed by atoms with Crippen molar-refractivity contribution in [2.75, 3.05) is 0 Å². The predicted octanol–water partition coefficient (Wildman–Crippen LogP) is 2.74. The monoisotopic (exact) mass is 266 g/mol. The molecule has 0 saturated carbocycles. The van der Waals surface area contributed by atoms with E-state index in [0.29, 0.717) is 22.0 Å². The van der Waals surface area contributed by atoms with Gasteiger partial charge in [-0.3, -0.25) is 9.11 Å². The minimum atomic E-state index is -2.81. The zero-order chi connectivity index (χ0) is 12.6. The normalized spacial score (nSPS) is 17.4. The number of hydrogen-bond acceptors (Lipinski definition) is 6. The average Bonchev–Trinajstić information content (AvgIpc) is 2.96. The van der Waals surface area contributed by atoms with E-state index < -0.39 is 10.6 Å². The van der Waals surface area contributed by atoms with Crippen molar-refractivity contribution in [3.05, 3.63) is 41.4 Å². The number of ether oxygens (including phenoxy) is 1. The largest absolute Gasteiger partial charge is 0.485 e. The number of nitrogens with zero attached hydrogens (tertiary/aromatic N) is 2. The van der Waals surface area contributed by atoms with E-state index in [-0.39, 0.29) is 6.61 Å². The lowest BCUT2D eigenvalue weighted by atomic mass is 10.2. The van der Waals surface area contributed by atoms with E-state index in [1.807, 2.05) is 0 Å². The van der Waals surface area contributed by atoms with Crippen LogP contribution < -0.4 is 4.74 Å².